The van der Waals surface area contributed by atoms with Gasteiger partial charge in [0.2, 0.25) is 0 Å². The number of nitrogen functional groups attached to an aromatic ring is 1. The van der Waals surface area contributed by atoms with Crippen LogP contribution in [0.15, 0.2) is 23.1 Å². The Hall–Kier alpha value is -0.900. The SMILES string of the molecule is CS(=O)c1ccc(F)cc1N. The maximum Gasteiger partial charge on any atom is 0.125 e. The van der Waals surface area contributed by atoms with E-state index >= 15 is 0 Å². The molecule has 0 heterocycles. The Labute approximate surface area is 66.7 Å². The molecule has 0 fully saturated rings. The van der Waals surface area contributed by atoms with Gasteiger partial charge in [0.15, 0.2) is 0 Å². The third-order valence-corrected chi connectivity index (χ3v) is 2.27. The molecule has 4 heteroatoms. The van der Waals surface area contributed by atoms with Crippen LogP contribution in [0.1, 0.15) is 0 Å². The topological polar surface area (TPSA) is 43.1 Å². The maximum absolute atomic E-state index is 12.4. The van der Waals surface area contributed by atoms with Crippen LogP contribution in [0.5, 0.6) is 0 Å². The third-order valence-electron chi connectivity index (χ3n) is 1.28. The fourth-order valence-corrected chi connectivity index (χ4v) is 1.43. The van der Waals surface area contributed by atoms with E-state index in [-0.39, 0.29) is 5.69 Å². The van der Waals surface area contributed by atoms with Gasteiger partial charge in [0.1, 0.15) is 5.82 Å². The predicted molar refractivity (Wildman–Crippen MR) is 43.1 cm³/mol. The van der Waals surface area contributed by atoms with Crippen molar-refractivity contribution in [2.24, 2.45) is 0 Å². The van der Waals surface area contributed by atoms with Crippen molar-refractivity contribution in [3.05, 3.63) is 24.0 Å². The number of benzene rings is 1. The fraction of sp³-hybridized carbons (Fsp3) is 0.143. The van der Waals surface area contributed by atoms with E-state index in [1.54, 1.807) is 0 Å². The molecule has 0 aliphatic heterocycles. The molecule has 1 rings (SSSR count). The molecule has 0 spiro atoms. The molecule has 0 aromatic heterocycles. The lowest BCUT2D eigenvalue weighted by Crippen LogP contribution is -1.96. The molecule has 1 aromatic carbocycles. The molecule has 1 unspecified atom stereocenters. The van der Waals surface area contributed by atoms with Crippen molar-refractivity contribution in [2.45, 2.75) is 4.90 Å². The van der Waals surface area contributed by atoms with Crippen molar-refractivity contribution in [1.29, 1.82) is 0 Å². The van der Waals surface area contributed by atoms with E-state index in [2.05, 4.69) is 0 Å². The van der Waals surface area contributed by atoms with Crippen molar-refractivity contribution in [3.63, 3.8) is 0 Å². The van der Waals surface area contributed by atoms with Crippen molar-refractivity contribution in [3.8, 4) is 0 Å². The Balaban J connectivity index is 3.20. The van der Waals surface area contributed by atoms with Gasteiger partial charge >= 0.3 is 0 Å². The number of hydrogen-bond acceptors (Lipinski definition) is 2. The first kappa shape index (κ1) is 8.20. The van der Waals surface area contributed by atoms with Crippen LogP contribution in [0.2, 0.25) is 0 Å². The lowest BCUT2D eigenvalue weighted by Gasteiger charge is -2.00. The summed E-state index contributed by atoms with van der Waals surface area (Å²) in [6, 6.07) is 3.84. The van der Waals surface area contributed by atoms with E-state index in [1.165, 1.54) is 18.4 Å². The Morgan fingerprint density at radius 2 is 2.18 bits per heavy atom. The molecular formula is C7H8FNOS. The summed E-state index contributed by atoms with van der Waals surface area (Å²) in [6.07, 6.45) is 1.50. The molecule has 0 aliphatic carbocycles. The van der Waals surface area contributed by atoms with Gasteiger partial charge in [-0.05, 0) is 18.2 Å². The highest BCUT2D eigenvalue weighted by atomic mass is 32.2. The molecule has 0 bridgehead atoms. The molecule has 0 radical (unpaired) electrons. The first-order valence-corrected chi connectivity index (χ1v) is 4.55. The monoisotopic (exact) mass is 173 g/mol. The average Bonchev–Trinajstić information content (AvgIpc) is 1.85. The number of nitrogens with two attached hydrogens (primary N) is 1. The zero-order chi connectivity index (χ0) is 8.43. The number of rotatable bonds is 1. The van der Waals surface area contributed by atoms with Crippen LogP contribution in [0.4, 0.5) is 10.1 Å². The quantitative estimate of drug-likeness (QED) is 0.647. The predicted octanol–water partition coefficient (Wildman–Crippen LogP) is 1.15. The minimum absolute atomic E-state index is 0.242. The highest BCUT2D eigenvalue weighted by Crippen LogP contribution is 2.15. The number of hydrogen-bond donors (Lipinski definition) is 1. The minimum Gasteiger partial charge on any atom is -0.398 e. The molecule has 0 amide bonds. The van der Waals surface area contributed by atoms with Crippen LogP contribution in [0.25, 0.3) is 0 Å². The van der Waals surface area contributed by atoms with E-state index in [0.717, 1.165) is 6.07 Å². The van der Waals surface area contributed by atoms with Crippen LogP contribution >= 0.6 is 0 Å². The second kappa shape index (κ2) is 3.00. The van der Waals surface area contributed by atoms with Gasteiger partial charge < -0.3 is 5.73 Å². The summed E-state index contributed by atoms with van der Waals surface area (Å²) in [6.45, 7) is 0. The molecule has 60 valence electrons. The number of anilines is 1. The Kier molecular flexibility index (Phi) is 2.24. The van der Waals surface area contributed by atoms with Crippen molar-refractivity contribution in [2.75, 3.05) is 12.0 Å². The summed E-state index contributed by atoms with van der Waals surface area (Å²) in [4.78, 5) is 0.478. The standard InChI is InChI=1S/C7H8FNOS/c1-11(10)7-3-2-5(8)4-6(7)9/h2-4H,9H2,1H3. The molecule has 0 saturated heterocycles. The zero-order valence-corrected chi connectivity index (χ0v) is 6.82. The minimum atomic E-state index is -1.14. The second-order valence-corrected chi connectivity index (χ2v) is 3.48. The normalized spacial score (nSPS) is 12.9. The van der Waals surface area contributed by atoms with Crippen molar-refractivity contribution in [1.82, 2.24) is 0 Å². The molecule has 11 heavy (non-hydrogen) atoms. The van der Waals surface area contributed by atoms with E-state index in [4.69, 9.17) is 5.73 Å². The fourth-order valence-electron chi connectivity index (χ4n) is 0.781. The van der Waals surface area contributed by atoms with Crippen LogP contribution in [0, 0.1) is 5.82 Å². The van der Waals surface area contributed by atoms with Gasteiger partial charge in [0.25, 0.3) is 0 Å². The summed E-state index contributed by atoms with van der Waals surface area (Å²) in [5.74, 6) is -0.406. The number of halogens is 1. The van der Waals surface area contributed by atoms with Crippen LogP contribution in [-0.2, 0) is 10.8 Å². The van der Waals surface area contributed by atoms with E-state index in [0.29, 0.717) is 4.90 Å². The lowest BCUT2D eigenvalue weighted by atomic mass is 10.3. The van der Waals surface area contributed by atoms with Gasteiger partial charge in [-0.15, -0.1) is 0 Å². The second-order valence-electron chi connectivity index (χ2n) is 2.14. The van der Waals surface area contributed by atoms with Gasteiger partial charge in [0, 0.05) is 6.26 Å². The summed E-state index contributed by atoms with van der Waals surface area (Å²) >= 11 is 0. The highest BCUT2D eigenvalue weighted by molar-refractivity contribution is 7.84. The first-order valence-electron chi connectivity index (χ1n) is 2.99. The van der Waals surface area contributed by atoms with Gasteiger partial charge in [-0.3, -0.25) is 4.21 Å². The smallest absolute Gasteiger partial charge is 0.125 e. The molecular weight excluding hydrogens is 165 g/mol. The van der Waals surface area contributed by atoms with Gasteiger partial charge in [-0.1, -0.05) is 0 Å². The molecule has 2 N–H and O–H groups in total. The Morgan fingerprint density at radius 3 is 2.64 bits per heavy atom. The van der Waals surface area contributed by atoms with Gasteiger partial charge in [0.05, 0.1) is 21.4 Å². The lowest BCUT2D eigenvalue weighted by molar-refractivity contribution is 0.627. The van der Waals surface area contributed by atoms with Crippen LogP contribution in [0.3, 0.4) is 0 Å². The van der Waals surface area contributed by atoms with E-state index in [1.807, 2.05) is 0 Å². The molecule has 1 atom stereocenters. The van der Waals surface area contributed by atoms with E-state index in [9.17, 15) is 8.60 Å². The van der Waals surface area contributed by atoms with Crippen LogP contribution < -0.4 is 5.73 Å². The van der Waals surface area contributed by atoms with E-state index < -0.39 is 16.6 Å². The largest absolute Gasteiger partial charge is 0.398 e. The van der Waals surface area contributed by atoms with Gasteiger partial charge in [-0.2, -0.15) is 0 Å². The average molecular weight is 173 g/mol. The molecule has 1 aromatic rings. The van der Waals surface area contributed by atoms with Crippen molar-refractivity contribution < 1.29 is 8.60 Å². The summed E-state index contributed by atoms with van der Waals surface area (Å²) in [5, 5.41) is 0. The molecule has 2 nitrogen and oxygen atoms in total. The Bertz CT molecular complexity index is 300. The molecule has 0 aliphatic rings. The summed E-state index contributed by atoms with van der Waals surface area (Å²) in [5.41, 5.74) is 5.63. The highest BCUT2D eigenvalue weighted by Gasteiger charge is 2.02. The zero-order valence-electron chi connectivity index (χ0n) is 6.00. The van der Waals surface area contributed by atoms with Crippen molar-refractivity contribution >= 4 is 16.5 Å². The van der Waals surface area contributed by atoms with Gasteiger partial charge in [-0.25, -0.2) is 4.39 Å². The molecule has 0 saturated carbocycles. The first-order chi connectivity index (χ1) is 5.11. The Morgan fingerprint density at radius 1 is 1.55 bits per heavy atom. The summed E-state index contributed by atoms with van der Waals surface area (Å²) in [7, 11) is -1.14. The maximum atomic E-state index is 12.4. The summed E-state index contributed by atoms with van der Waals surface area (Å²) < 4.78 is 23.3. The third kappa shape index (κ3) is 1.77. The van der Waals surface area contributed by atoms with Crippen LogP contribution in [-0.4, -0.2) is 10.5 Å².